The minimum absolute atomic E-state index is 0.0489. The maximum atomic E-state index is 12.9. The summed E-state index contributed by atoms with van der Waals surface area (Å²) in [5, 5.41) is 12.5. The first-order valence-corrected chi connectivity index (χ1v) is 8.39. The van der Waals surface area contributed by atoms with Gasteiger partial charge in [-0.15, -0.1) is 0 Å². The van der Waals surface area contributed by atoms with Crippen LogP contribution in [0.3, 0.4) is 0 Å². The van der Waals surface area contributed by atoms with E-state index in [1.165, 1.54) is 19.3 Å². The second-order valence-corrected chi connectivity index (χ2v) is 7.94. The van der Waals surface area contributed by atoms with Crippen LogP contribution in [-0.2, 0) is 4.79 Å². The highest BCUT2D eigenvalue weighted by Gasteiger charge is 2.55. The highest BCUT2D eigenvalue weighted by molar-refractivity contribution is 5.83. The van der Waals surface area contributed by atoms with Crippen molar-refractivity contribution in [2.24, 2.45) is 29.1 Å². The zero-order chi connectivity index (χ0) is 13.7. The molecule has 0 aromatic rings. The van der Waals surface area contributed by atoms with E-state index in [4.69, 9.17) is 0 Å². The number of carbonyl (C=O) groups excluding carboxylic acids is 1. The van der Waals surface area contributed by atoms with Gasteiger partial charge < -0.3 is 5.32 Å². The third-order valence-corrected chi connectivity index (χ3v) is 6.52. The number of nitrogens with one attached hydrogen (secondary N) is 1. The molecule has 3 nitrogen and oxygen atoms in total. The fraction of sp³-hybridized carbons (Fsp3) is 0.882. The molecular weight excluding hydrogens is 248 g/mol. The van der Waals surface area contributed by atoms with E-state index >= 15 is 0 Å². The molecule has 0 aliphatic heterocycles. The molecular formula is C17H24N2O. The van der Waals surface area contributed by atoms with Crippen LogP contribution in [0.25, 0.3) is 0 Å². The Labute approximate surface area is 121 Å². The van der Waals surface area contributed by atoms with Crippen LogP contribution in [0, 0.1) is 40.4 Å². The Hall–Kier alpha value is -1.04. The summed E-state index contributed by atoms with van der Waals surface area (Å²) in [7, 11) is 0. The fourth-order valence-corrected chi connectivity index (χ4v) is 6.00. The van der Waals surface area contributed by atoms with Crippen molar-refractivity contribution in [3.8, 4) is 6.07 Å². The van der Waals surface area contributed by atoms with Crippen molar-refractivity contribution in [1.29, 1.82) is 5.26 Å². The summed E-state index contributed by atoms with van der Waals surface area (Å²) in [6.45, 7) is 0. The molecule has 1 amide bonds. The molecule has 0 heterocycles. The topological polar surface area (TPSA) is 52.9 Å². The van der Waals surface area contributed by atoms with Crippen LogP contribution in [0.1, 0.15) is 57.8 Å². The lowest BCUT2D eigenvalue weighted by atomic mass is 9.49. The molecule has 5 aliphatic rings. The monoisotopic (exact) mass is 272 g/mol. The number of nitriles is 1. The first-order chi connectivity index (χ1) is 9.68. The summed E-state index contributed by atoms with van der Waals surface area (Å²) < 4.78 is 0. The van der Waals surface area contributed by atoms with Gasteiger partial charge in [-0.25, -0.2) is 0 Å². The van der Waals surface area contributed by atoms with Gasteiger partial charge in [0.25, 0.3) is 0 Å². The molecule has 0 aromatic carbocycles. The minimum Gasteiger partial charge on any atom is -0.352 e. The maximum absolute atomic E-state index is 12.9. The molecule has 3 heteroatoms. The Kier molecular flexibility index (Phi) is 2.84. The quantitative estimate of drug-likeness (QED) is 0.840. The second-order valence-electron chi connectivity index (χ2n) is 7.94. The average molecular weight is 272 g/mol. The van der Waals surface area contributed by atoms with Crippen molar-refractivity contribution < 1.29 is 4.79 Å². The zero-order valence-electron chi connectivity index (χ0n) is 12.1. The summed E-state index contributed by atoms with van der Waals surface area (Å²) in [6, 6.07) is 2.50. The molecule has 0 spiro atoms. The molecule has 108 valence electrons. The molecule has 5 rings (SSSR count). The molecule has 5 fully saturated rings. The Bertz CT molecular complexity index is 429. The van der Waals surface area contributed by atoms with Gasteiger partial charge in [0.1, 0.15) is 0 Å². The van der Waals surface area contributed by atoms with Gasteiger partial charge in [0.2, 0.25) is 5.91 Å². The predicted molar refractivity (Wildman–Crippen MR) is 75.5 cm³/mol. The van der Waals surface area contributed by atoms with Gasteiger partial charge in [-0.05, 0) is 75.5 Å². The number of rotatable bonds is 2. The number of hydrogen-bond donors (Lipinski definition) is 1. The zero-order valence-corrected chi connectivity index (χ0v) is 12.1. The van der Waals surface area contributed by atoms with Gasteiger partial charge in [-0.1, -0.05) is 0 Å². The standard InChI is InChI=1S/C17H24N2O/c18-10-14-2-1-3-15(14)19-16(20)17-7-11-4-12(8-17)6-13(5-11)9-17/h11-15H,1-9H2,(H,19,20). The number of carbonyl (C=O) groups is 1. The van der Waals surface area contributed by atoms with Crippen LogP contribution in [0.4, 0.5) is 0 Å². The van der Waals surface area contributed by atoms with Crippen LogP contribution < -0.4 is 5.32 Å². The normalized spacial score (nSPS) is 49.0. The van der Waals surface area contributed by atoms with E-state index in [9.17, 15) is 10.1 Å². The van der Waals surface area contributed by atoms with Gasteiger partial charge in [0.15, 0.2) is 0 Å². The SMILES string of the molecule is N#CC1CCCC1NC(=O)C12CC3CC(CC(C3)C1)C2. The molecule has 1 N–H and O–H groups in total. The van der Waals surface area contributed by atoms with E-state index in [2.05, 4.69) is 11.4 Å². The molecule has 0 radical (unpaired) electrons. The third-order valence-electron chi connectivity index (χ3n) is 6.52. The molecule has 0 aromatic heterocycles. The van der Waals surface area contributed by atoms with E-state index in [1.807, 2.05) is 0 Å². The van der Waals surface area contributed by atoms with Crippen molar-refractivity contribution in [2.75, 3.05) is 0 Å². The van der Waals surface area contributed by atoms with Crippen LogP contribution in [-0.4, -0.2) is 11.9 Å². The largest absolute Gasteiger partial charge is 0.352 e. The number of hydrogen-bond acceptors (Lipinski definition) is 2. The Morgan fingerprint density at radius 3 is 2.20 bits per heavy atom. The van der Waals surface area contributed by atoms with Crippen LogP contribution >= 0.6 is 0 Å². The van der Waals surface area contributed by atoms with Crippen molar-refractivity contribution in [2.45, 2.75) is 63.8 Å². The maximum Gasteiger partial charge on any atom is 0.226 e. The van der Waals surface area contributed by atoms with Crippen molar-refractivity contribution in [1.82, 2.24) is 5.32 Å². The Morgan fingerprint density at radius 1 is 1.05 bits per heavy atom. The van der Waals surface area contributed by atoms with E-state index in [0.717, 1.165) is 56.3 Å². The van der Waals surface area contributed by atoms with Crippen LogP contribution in [0.2, 0.25) is 0 Å². The second kappa shape index (κ2) is 4.48. The van der Waals surface area contributed by atoms with Gasteiger partial charge >= 0.3 is 0 Å². The summed E-state index contributed by atoms with van der Waals surface area (Å²) in [5.41, 5.74) is -0.0582. The molecule has 4 bridgehead atoms. The summed E-state index contributed by atoms with van der Waals surface area (Å²) >= 11 is 0. The first kappa shape index (κ1) is 12.7. The van der Waals surface area contributed by atoms with Crippen LogP contribution in [0.5, 0.6) is 0 Å². The predicted octanol–water partition coefficient (Wildman–Crippen LogP) is 3.01. The fourth-order valence-electron chi connectivity index (χ4n) is 6.00. The lowest BCUT2D eigenvalue weighted by Gasteiger charge is -2.55. The van der Waals surface area contributed by atoms with Gasteiger partial charge in [0, 0.05) is 11.5 Å². The lowest BCUT2D eigenvalue weighted by molar-refractivity contribution is -0.147. The van der Waals surface area contributed by atoms with E-state index in [1.54, 1.807) is 0 Å². The summed E-state index contributed by atoms with van der Waals surface area (Å²) in [5.74, 6) is 2.77. The third kappa shape index (κ3) is 1.88. The van der Waals surface area contributed by atoms with Gasteiger partial charge in [0.05, 0.1) is 12.0 Å². The molecule has 0 saturated heterocycles. The van der Waals surface area contributed by atoms with Gasteiger partial charge in [-0.3, -0.25) is 4.79 Å². The molecule has 2 atom stereocenters. The van der Waals surface area contributed by atoms with Crippen LogP contribution in [0.15, 0.2) is 0 Å². The average Bonchev–Trinajstić information content (AvgIpc) is 2.84. The number of amides is 1. The summed E-state index contributed by atoms with van der Waals surface area (Å²) in [4.78, 5) is 12.9. The van der Waals surface area contributed by atoms with E-state index in [-0.39, 0.29) is 17.4 Å². The highest BCUT2D eigenvalue weighted by Crippen LogP contribution is 2.60. The van der Waals surface area contributed by atoms with Crippen molar-refractivity contribution in [3.05, 3.63) is 0 Å². The van der Waals surface area contributed by atoms with E-state index in [0.29, 0.717) is 5.91 Å². The molecule has 5 aliphatic carbocycles. The van der Waals surface area contributed by atoms with Crippen molar-refractivity contribution in [3.63, 3.8) is 0 Å². The first-order valence-electron chi connectivity index (χ1n) is 8.39. The number of nitrogens with zero attached hydrogens (tertiary/aromatic N) is 1. The van der Waals surface area contributed by atoms with E-state index < -0.39 is 0 Å². The lowest BCUT2D eigenvalue weighted by Crippen LogP contribution is -2.55. The highest BCUT2D eigenvalue weighted by atomic mass is 16.2. The molecule has 20 heavy (non-hydrogen) atoms. The minimum atomic E-state index is -0.0582. The molecule has 5 saturated carbocycles. The molecule has 2 unspecified atom stereocenters. The Morgan fingerprint density at radius 2 is 1.65 bits per heavy atom. The van der Waals surface area contributed by atoms with Crippen molar-refractivity contribution >= 4 is 5.91 Å². The summed E-state index contributed by atoms with van der Waals surface area (Å²) in [6.07, 6.45) is 10.5. The van der Waals surface area contributed by atoms with Gasteiger partial charge in [-0.2, -0.15) is 5.26 Å². The Balaban J connectivity index is 1.50. The smallest absolute Gasteiger partial charge is 0.226 e.